The fourth-order valence-corrected chi connectivity index (χ4v) is 1.38. The molecule has 1 amide bonds. The van der Waals surface area contributed by atoms with E-state index in [0.717, 1.165) is 0 Å². The van der Waals surface area contributed by atoms with Gasteiger partial charge in [0.1, 0.15) is 18.1 Å². The van der Waals surface area contributed by atoms with Crippen molar-refractivity contribution in [2.24, 2.45) is 0 Å². The first-order chi connectivity index (χ1) is 8.85. The zero-order chi connectivity index (χ0) is 14.5. The highest BCUT2D eigenvalue weighted by Gasteiger charge is 2.14. The molecule has 1 N–H and O–H groups in total. The second-order valence-electron chi connectivity index (χ2n) is 5.02. The molecule has 0 saturated heterocycles. The molecule has 0 heterocycles. The third-order valence-electron chi connectivity index (χ3n) is 2.32. The fraction of sp³-hybridized carbons (Fsp3) is 0.500. The van der Waals surface area contributed by atoms with Crippen LogP contribution in [0.3, 0.4) is 0 Å². The van der Waals surface area contributed by atoms with Crippen LogP contribution in [0.1, 0.15) is 20.8 Å². The Morgan fingerprint density at radius 1 is 1.21 bits per heavy atom. The molecular weight excluding hydrogens is 246 g/mol. The van der Waals surface area contributed by atoms with E-state index >= 15 is 0 Å². The Bertz CT molecular complexity index is 438. The van der Waals surface area contributed by atoms with Crippen molar-refractivity contribution in [2.45, 2.75) is 26.4 Å². The Labute approximate surface area is 113 Å². The van der Waals surface area contributed by atoms with Crippen LogP contribution < -0.4 is 14.8 Å². The summed E-state index contributed by atoms with van der Waals surface area (Å²) in [5, 5.41) is 2.74. The number of benzene rings is 1. The molecule has 106 valence electrons. The van der Waals surface area contributed by atoms with E-state index in [1.54, 1.807) is 32.4 Å². The molecule has 5 heteroatoms. The number of amides is 1. The molecular formula is C14H21NO4. The molecule has 0 radical (unpaired) electrons. The molecule has 0 aliphatic carbocycles. The molecule has 0 aliphatic heterocycles. The molecule has 0 aliphatic rings. The summed E-state index contributed by atoms with van der Waals surface area (Å²) in [4.78, 5) is 11.8. The van der Waals surface area contributed by atoms with Crippen molar-refractivity contribution in [2.75, 3.05) is 26.1 Å². The lowest BCUT2D eigenvalue weighted by atomic mass is 10.2. The topological polar surface area (TPSA) is 56.8 Å². The summed E-state index contributed by atoms with van der Waals surface area (Å²) < 4.78 is 15.7. The first-order valence-corrected chi connectivity index (χ1v) is 6.01. The van der Waals surface area contributed by atoms with Crippen LogP contribution in [0.15, 0.2) is 18.2 Å². The van der Waals surface area contributed by atoms with Gasteiger partial charge in [0, 0.05) is 6.07 Å². The lowest BCUT2D eigenvalue weighted by Gasteiger charge is -2.19. The number of hydrogen-bond donors (Lipinski definition) is 1. The van der Waals surface area contributed by atoms with E-state index in [0.29, 0.717) is 17.2 Å². The number of nitrogens with one attached hydrogen (secondary N) is 1. The zero-order valence-corrected chi connectivity index (χ0v) is 12.1. The van der Waals surface area contributed by atoms with Crippen molar-refractivity contribution in [3.63, 3.8) is 0 Å². The van der Waals surface area contributed by atoms with Gasteiger partial charge in [0.25, 0.3) is 5.91 Å². The van der Waals surface area contributed by atoms with Crippen LogP contribution in [0, 0.1) is 0 Å². The van der Waals surface area contributed by atoms with Crippen LogP contribution in [0.2, 0.25) is 0 Å². The van der Waals surface area contributed by atoms with Gasteiger partial charge >= 0.3 is 0 Å². The van der Waals surface area contributed by atoms with Crippen molar-refractivity contribution in [3.05, 3.63) is 18.2 Å². The molecule has 0 saturated carbocycles. The van der Waals surface area contributed by atoms with Crippen LogP contribution >= 0.6 is 0 Å². The predicted octanol–water partition coefficient (Wildman–Crippen LogP) is 2.46. The summed E-state index contributed by atoms with van der Waals surface area (Å²) >= 11 is 0. The molecule has 19 heavy (non-hydrogen) atoms. The van der Waals surface area contributed by atoms with Gasteiger partial charge in [-0.25, -0.2) is 0 Å². The highest BCUT2D eigenvalue weighted by Crippen LogP contribution is 2.28. The Hall–Kier alpha value is -1.75. The van der Waals surface area contributed by atoms with Gasteiger partial charge in [0.15, 0.2) is 0 Å². The second-order valence-corrected chi connectivity index (χ2v) is 5.02. The van der Waals surface area contributed by atoms with Crippen molar-refractivity contribution >= 4 is 11.6 Å². The average molecular weight is 267 g/mol. The van der Waals surface area contributed by atoms with Gasteiger partial charge in [0.05, 0.1) is 25.5 Å². The lowest BCUT2D eigenvalue weighted by molar-refractivity contribution is -0.125. The number of anilines is 1. The van der Waals surface area contributed by atoms with E-state index in [1.165, 1.54) is 0 Å². The first-order valence-electron chi connectivity index (χ1n) is 6.01. The Morgan fingerprint density at radius 2 is 1.89 bits per heavy atom. The number of carbonyl (C=O) groups is 1. The van der Waals surface area contributed by atoms with Crippen LogP contribution in [-0.4, -0.2) is 32.3 Å². The van der Waals surface area contributed by atoms with E-state index < -0.39 is 0 Å². The van der Waals surface area contributed by atoms with Crippen LogP contribution in [0.5, 0.6) is 11.5 Å². The van der Waals surface area contributed by atoms with Gasteiger partial charge in [-0.1, -0.05) is 0 Å². The van der Waals surface area contributed by atoms with Crippen molar-refractivity contribution in [3.8, 4) is 11.5 Å². The van der Waals surface area contributed by atoms with Crippen LogP contribution in [-0.2, 0) is 9.53 Å². The average Bonchev–Trinajstić information content (AvgIpc) is 2.35. The highest BCUT2D eigenvalue weighted by atomic mass is 16.5. The maximum Gasteiger partial charge on any atom is 0.250 e. The molecule has 5 nitrogen and oxygen atoms in total. The van der Waals surface area contributed by atoms with Crippen LogP contribution in [0.4, 0.5) is 5.69 Å². The molecule has 0 bridgehead atoms. The standard InChI is InChI=1S/C14H21NO4/c1-14(2,3)19-9-13(16)15-11-8-10(17-4)6-7-12(11)18-5/h6-8H,9H2,1-5H3,(H,15,16). The second kappa shape index (κ2) is 6.43. The summed E-state index contributed by atoms with van der Waals surface area (Å²) in [5.41, 5.74) is 0.208. The molecule has 1 aromatic rings. The van der Waals surface area contributed by atoms with Crippen LogP contribution in [0.25, 0.3) is 0 Å². The van der Waals surface area contributed by atoms with E-state index in [1.807, 2.05) is 20.8 Å². The number of ether oxygens (including phenoxy) is 3. The highest BCUT2D eigenvalue weighted by molar-refractivity contribution is 5.93. The Balaban J connectivity index is 2.72. The largest absolute Gasteiger partial charge is 0.497 e. The SMILES string of the molecule is COc1ccc(OC)c(NC(=O)COC(C)(C)C)c1. The van der Waals surface area contributed by atoms with Gasteiger partial charge < -0.3 is 19.5 Å². The predicted molar refractivity (Wildman–Crippen MR) is 73.9 cm³/mol. The summed E-state index contributed by atoms with van der Waals surface area (Å²) in [5.74, 6) is 0.985. The Morgan fingerprint density at radius 3 is 2.42 bits per heavy atom. The monoisotopic (exact) mass is 267 g/mol. The third-order valence-corrected chi connectivity index (χ3v) is 2.32. The van der Waals surface area contributed by atoms with Crippen molar-refractivity contribution in [1.82, 2.24) is 0 Å². The summed E-state index contributed by atoms with van der Waals surface area (Å²) in [7, 11) is 3.11. The van der Waals surface area contributed by atoms with E-state index in [4.69, 9.17) is 14.2 Å². The van der Waals surface area contributed by atoms with Gasteiger partial charge in [-0.3, -0.25) is 4.79 Å². The third kappa shape index (κ3) is 5.18. The van der Waals surface area contributed by atoms with E-state index in [-0.39, 0.29) is 18.1 Å². The Kier molecular flexibility index (Phi) is 5.18. The van der Waals surface area contributed by atoms with E-state index in [2.05, 4.69) is 5.32 Å². The fourth-order valence-electron chi connectivity index (χ4n) is 1.38. The number of hydrogen-bond acceptors (Lipinski definition) is 4. The molecule has 0 aromatic heterocycles. The summed E-state index contributed by atoms with van der Waals surface area (Å²) in [6, 6.07) is 5.20. The first kappa shape index (κ1) is 15.3. The maximum atomic E-state index is 11.8. The summed E-state index contributed by atoms with van der Waals surface area (Å²) in [6.07, 6.45) is 0. The van der Waals surface area contributed by atoms with Crippen molar-refractivity contribution < 1.29 is 19.0 Å². The smallest absolute Gasteiger partial charge is 0.250 e. The minimum Gasteiger partial charge on any atom is -0.497 e. The maximum absolute atomic E-state index is 11.8. The lowest BCUT2D eigenvalue weighted by Crippen LogP contribution is -2.27. The molecule has 0 fully saturated rings. The number of methoxy groups -OCH3 is 2. The zero-order valence-electron chi connectivity index (χ0n) is 12.1. The quantitative estimate of drug-likeness (QED) is 0.890. The van der Waals surface area contributed by atoms with E-state index in [9.17, 15) is 4.79 Å². The molecule has 1 rings (SSSR count). The molecule has 0 atom stereocenters. The number of carbonyl (C=O) groups excluding carboxylic acids is 1. The summed E-state index contributed by atoms with van der Waals surface area (Å²) in [6.45, 7) is 5.68. The normalized spacial score (nSPS) is 11.0. The molecule has 0 spiro atoms. The number of rotatable bonds is 5. The van der Waals surface area contributed by atoms with Crippen molar-refractivity contribution in [1.29, 1.82) is 0 Å². The van der Waals surface area contributed by atoms with Gasteiger partial charge in [-0.05, 0) is 32.9 Å². The molecule has 0 unspecified atom stereocenters. The molecule has 1 aromatic carbocycles. The van der Waals surface area contributed by atoms with Gasteiger partial charge in [-0.2, -0.15) is 0 Å². The minimum atomic E-state index is -0.351. The van der Waals surface area contributed by atoms with Gasteiger partial charge in [0.2, 0.25) is 0 Å². The van der Waals surface area contributed by atoms with Gasteiger partial charge in [-0.15, -0.1) is 0 Å². The minimum absolute atomic E-state index is 0.0101.